The summed E-state index contributed by atoms with van der Waals surface area (Å²) in [6, 6.07) is 0.539. The summed E-state index contributed by atoms with van der Waals surface area (Å²) in [5.41, 5.74) is 0. The number of nitrogens with one attached hydrogen (secondary N) is 1. The summed E-state index contributed by atoms with van der Waals surface area (Å²) in [6.07, 6.45) is 7.35. The predicted octanol–water partition coefficient (Wildman–Crippen LogP) is 2.25. The van der Waals surface area contributed by atoms with Crippen molar-refractivity contribution in [1.82, 2.24) is 5.32 Å². The number of hydrogen-bond donors (Lipinski definition) is 1. The monoisotopic (exact) mass is 213 g/mol. The molecule has 1 aliphatic rings. The number of unbranched alkanes of at least 4 members (excludes halogenated alkanes) is 1. The van der Waals surface area contributed by atoms with Crippen molar-refractivity contribution in [2.45, 2.75) is 57.9 Å². The smallest absolute Gasteiger partial charge is 0.305 e. The second kappa shape index (κ2) is 7.69. The van der Waals surface area contributed by atoms with Gasteiger partial charge in [0.15, 0.2) is 0 Å². The van der Waals surface area contributed by atoms with Crippen LogP contribution in [0.5, 0.6) is 0 Å². The van der Waals surface area contributed by atoms with Gasteiger partial charge in [0, 0.05) is 12.5 Å². The van der Waals surface area contributed by atoms with Crippen molar-refractivity contribution >= 4 is 5.97 Å². The zero-order valence-electron chi connectivity index (χ0n) is 9.76. The molecule has 1 unspecified atom stereocenters. The Bertz CT molecular complexity index is 176. The highest BCUT2D eigenvalue weighted by Gasteiger charge is 2.14. The molecule has 0 aromatic carbocycles. The highest BCUT2D eigenvalue weighted by atomic mass is 16.5. The topological polar surface area (TPSA) is 38.3 Å². The summed E-state index contributed by atoms with van der Waals surface area (Å²) in [6.45, 7) is 3.79. The number of carbonyl (C=O) groups is 1. The second-order valence-electron chi connectivity index (χ2n) is 4.26. The van der Waals surface area contributed by atoms with Crippen molar-refractivity contribution in [3.8, 4) is 0 Å². The summed E-state index contributed by atoms with van der Waals surface area (Å²) in [4.78, 5) is 11.3. The Hall–Kier alpha value is -0.570. The van der Waals surface area contributed by atoms with Crippen LogP contribution < -0.4 is 5.32 Å². The third-order valence-corrected chi connectivity index (χ3v) is 2.87. The van der Waals surface area contributed by atoms with Crippen LogP contribution in [-0.4, -0.2) is 25.2 Å². The summed E-state index contributed by atoms with van der Waals surface area (Å²) in [5.74, 6) is -0.0316. The number of rotatable bonds is 6. The first kappa shape index (κ1) is 12.5. The third-order valence-electron chi connectivity index (χ3n) is 2.87. The van der Waals surface area contributed by atoms with E-state index < -0.39 is 0 Å². The Morgan fingerprint density at radius 2 is 2.33 bits per heavy atom. The molecule has 0 aromatic rings. The molecule has 1 rings (SSSR count). The minimum Gasteiger partial charge on any atom is -0.466 e. The van der Waals surface area contributed by atoms with Crippen LogP contribution in [-0.2, 0) is 9.53 Å². The zero-order valence-corrected chi connectivity index (χ0v) is 9.76. The van der Waals surface area contributed by atoms with Crippen LogP contribution >= 0.6 is 0 Å². The van der Waals surface area contributed by atoms with E-state index in [0.717, 1.165) is 25.8 Å². The molecule has 0 amide bonds. The molecule has 0 aliphatic carbocycles. The van der Waals surface area contributed by atoms with E-state index in [-0.39, 0.29) is 5.97 Å². The van der Waals surface area contributed by atoms with Crippen LogP contribution in [0.15, 0.2) is 0 Å². The Kier molecular flexibility index (Phi) is 6.41. The maximum atomic E-state index is 11.3. The van der Waals surface area contributed by atoms with Gasteiger partial charge in [-0.15, -0.1) is 0 Å². The molecule has 0 saturated carbocycles. The molecule has 1 atom stereocenters. The van der Waals surface area contributed by atoms with Crippen LogP contribution in [0.4, 0.5) is 0 Å². The minimum atomic E-state index is -0.0316. The van der Waals surface area contributed by atoms with Gasteiger partial charge in [-0.05, 0) is 32.2 Å². The summed E-state index contributed by atoms with van der Waals surface area (Å²) < 4.78 is 5.11. The molecule has 0 bridgehead atoms. The minimum absolute atomic E-state index is 0.0316. The van der Waals surface area contributed by atoms with Crippen molar-refractivity contribution in [2.75, 3.05) is 13.2 Å². The van der Waals surface area contributed by atoms with E-state index in [1.807, 2.05) is 0 Å². The standard InChI is InChI=1S/C12H23NO2/c1-2-3-10-15-12(14)8-7-11-6-4-5-9-13-11/h11,13H,2-10H2,1H3. The number of piperidine rings is 1. The van der Waals surface area contributed by atoms with Crippen LogP contribution in [0.2, 0.25) is 0 Å². The summed E-state index contributed by atoms with van der Waals surface area (Å²) in [7, 11) is 0. The molecule has 1 saturated heterocycles. The number of carbonyl (C=O) groups excluding carboxylic acids is 1. The van der Waals surface area contributed by atoms with Gasteiger partial charge in [0.05, 0.1) is 6.61 Å². The van der Waals surface area contributed by atoms with Gasteiger partial charge < -0.3 is 10.1 Å². The Labute approximate surface area is 92.6 Å². The van der Waals surface area contributed by atoms with Crippen molar-refractivity contribution in [3.63, 3.8) is 0 Å². The fourth-order valence-corrected chi connectivity index (χ4v) is 1.86. The number of ether oxygens (including phenoxy) is 1. The normalized spacial score (nSPS) is 21.3. The van der Waals surface area contributed by atoms with Gasteiger partial charge in [0.25, 0.3) is 0 Å². The van der Waals surface area contributed by atoms with E-state index in [4.69, 9.17) is 4.74 Å². The fourth-order valence-electron chi connectivity index (χ4n) is 1.86. The average Bonchev–Trinajstić information content (AvgIpc) is 2.28. The molecule has 1 heterocycles. The molecule has 1 N–H and O–H groups in total. The first-order valence-corrected chi connectivity index (χ1v) is 6.22. The third kappa shape index (κ3) is 5.78. The lowest BCUT2D eigenvalue weighted by atomic mass is 10.0. The lowest BCUT2D eigenvalue weighted by Gasteiger charge is -2.22. The molecular weight excluding hydrogens is 190 g/mol. The molecular formula is C12H23NO2. The average molecular weight is 213 g/mol. The largest absolute Gasteiger partial charge is 0.466 e. The van der Waals surface area contributed by atoms with Crippen LogP contribution in [0.25, 0.3) is 0 Å². The SMILES string of the molecule is CCCCOC(=O)CCC1CCCCN1. The van der Waals surface area contributed by atoms with Crippen molar-refractivity contribution in [2.24, 2.45) is 0 Å². The first-order chi connectivity index (χ1) is 7.33. The van der Waals surface area contributed by atoms with Gasteiger partial charge in [-0.2, -0.15) is 0 Å². The van der Waals surface area contributed by atoms with E-state index in [2.05, 4.69) is 12.2 Å². The highest BCUT2D eigenvalue weighted by molar-refractivity contribution is 5.69. The van der Waals surface area contributed by atoms with Crippen molar-refractivity contribution < 1.29 is 9.53 Å². The van der Waals surface area contributed by atoms with Crippen LogP contribution in [0.3, 0.4) is 0 Å². The maximum Gasteiger partial charge on any atom is 0.305 e. The van der Waals surface area contributed by atoms with Crippen molar-refractivity contribution in [1.29, 1.82) is 0 Å². The van der Waals surface area contributed by atoms with Crippen LogP contribution in [0, 0.1) is 0 Å². The van der Waals surface area contributed by atoms with Crippen LogP contribution in [0.1, 0.15) is 51.9 Å². The Balaban J connectivity index is 2.00. The molecule has 0 radical (unpaired) electrons. The maximum absolute atomic E-state index is 11.3. The Morgan fingerprint density at radius 3 is 3.00 bits per heavy atom. The Morgan fingerprint density at radius 1 is 1.47 bits per heavy atom. The van der Waals surface area contributed by atoms with E-state index in [9.17, 15) is 4.79 Å². The predicted molar refractivity (Wildman–Crippen MR) is 60.7 cm³/mol. The molecule has 15 heavy (non-hydrogen) atoms. The van der Waals surface area contributed by atoms with Crippen molar-refractivity contribution in [3.05, 3.63) is 0 Å². The zero-order chi connectivity index (χ0) is 10.9. The van der Waals surface area contributed by atoms with E-state index in [1.165, 1.54) is 19.3 Å². The van der Waals surface area contributed by atoms with Gasteiger partial charge in [-0.25, -0.2) is 0 Å². The van der Waals surface area contributed by atoms with Gasteiger partial charge in [0.1, 0.15) is 0 Å². The molecule has 0 spiro atoms. The summed E-state index contributed by atoms with van der Waals surface area (Å²) in [5, 5.41) is 3.43. The number of esters is 1. The van der Waals surface area contributed by atoms with Gasteiger partial charge >= 0.3 is 5.97 Å². The highest BCUT2D eigenvalue weighted by Crippen LogP contribution is 2.12. The second-order valence-corrected chi connectivity index (χ2v) is 4.26. The van der Waals surface area contributed by atoms with Gasteiger partial charge in [-0.3, -0.25) is 4.79 Å². The molecule has 88 valence electrons. The molecule has 1 fully saturated rings. The molecule has 1 aliphatic heterocycles. The molecule has 0 aromatic heterocycles. The van der Waals surface area contributed by atoms with E-state index in [1.54, 1.807) is 0 Å². The first-order valence-electron chi connectivity index (χ1n) is 6.22. The van der Waals surface area contributed by atoms with E-state index >= 15 is 0 Å². The lowest BCUT2D eigenvalue weighted by Crippen LogP contribution is -2.34. The lowest BCUT2D eigenvalue weighted by molar-refractivity contribution is -0.144. The quantitative estimate of drug-likeness (QED) is 0.543. The molecule has 3 heteroatoms. The van der Waals surface area contributed by atoms with Gasteiger partial charge in [-0.1, -0.05) is 19.8 Å². The number of hydrogen-bond acceptors (Lipinski definition) is 3. The summed E-state index contributed by atoms with van der Waals surface area (Å²) >= 11 is 0. The fraction of sp³-hybridized carbons (Fsp3) is 0.917. The molecule has 3 nitrogen and oxygen atoms in total. The van der Waals surface area contributed by atoms with E-state index in [0.29, 0.717) is 19.1 Å². The van der Waals surface area contributed by atoms with Gasteiger partial charge in [0.2, 0.25) is 0 Å².